The molecule has 0 heterocycles. The van der Waals surface area contributed by atoms with Gasteiger partial charge in [0.05, 0.1) is 12.1 Å². The van der Waals surface area contributed by atoms with Gasteiger partial charge in [0, 0.05) is 26.3 Å². The fourth-order valence-electron chi connectivity index (χ4n) is 2.46. The molecule has 0 spiro atoms. The quantitative estimate of drug-likeness (QED) is 0.277. The molecule has 1 atom stereocenters. The normalized spacial score (nSPS) is 15.8. The molecule has 0 saturated heterocycles. The minimum absolute atomic E-state index is 0.0547. The summed E-state index contributed by atoms with van der Waals surface area (Å²) in [5.41, 5.74) is -0.790. The number of guanidine groups is 1. The van der Waals surface area contributed by atoms with Gasteiger partial charge in [-0.25, -0.2) is 0 Å². The molecule has 1 aromatic rings. The van der Waals surface area contributed by atoms with Gasteiger partial charge in [-0.2, -0.15) is 13.2 Å². The molecule has 3 N–H and O–H groups in total. The lowest BCUT2D eigenvalue weighted by atomic mass is 10.2. The maximum atomic E-state index is 12.7. The van der Waals surface area contributed by atoms with Crippen molar-refractivity contribution in [1.29, 1.82) is 0 Å². The van der Waals surface area contributed by atoms with Gasteiger partial charge in [0.15, 0.2) is 5.96 Å². The van der Waals surface area contributed by atoms with Crippen molar-refractivity contribution in [2.75, 3.05) is 39.5 Å². The molecule has 1 aliphatic rings. The van der Waals surface area contributed by atoms with Crippen LogP contribution in [0.15, 0.2) is 29.3 Å². The van der Waals surface area contributed by atoms with Crippen LogP contribution in [0.5, 0.6) is 5.75 Å². The van der Waals surface area contributed by atoms with Crippen molar-refractivity contribution in [3.63, 3.8) is 0 Å². The van der Waals surface area contributed by atoms with Crippen LogP contribution < -0.4 is 15.4 Å². The van der Waals surface area contributed by atoms with Gasteiger partial charge in [0.2, 0.25) is 0 Å². The minimum Gasteiger partial charge on any atom is -0.491 e. The topological polar surface area (TPSA) is 75.1 Å². The van der Waals surface area contributed by atoms with E-state index in [1.165, 1.54) is 25.0 Å². The number of halogens is 3. The van der Waals surface area contributed by atoms with E-state index in [0.717, 1.165) is 31.1 Å². The van der Waals surface area contributed by atoms with Crippen LogP contribution in [0.3, 0.4) is 0 Å². The van der Waals surface area contributed by atoms with Crippen molar-refractivity contribution in [1.82, 2.24) is 10.6 Å². The van der Waals surface area contributed by atoms with E-state index in [1.54, 1.807) is 0 Å². The fraction of sp³-hybridized carbons (Fsp3) is 0.650. The zero-order valence-electron chi connectivity index (χ0n) is 16.7. The smallest absolute Gasteiger partial charge is 0.416 e. The number of hydrogen-bond acceptors (Lipinski definition) is 4. The number of aliphatic hydroxyl groups excluding tert-OH is 1. The number of aliphatic imine (C=N–C) groups is 1. The lowest BCUT2D eigenvalue weighted by Crippen LogP contribution is -2.39. The Kier molecular flexibility index (Phi) is 9.53. The van der Waals surface area contributed by atoms with Crippen LogP contribution in [0.2, 0.25) is 0 Å². The Morgan fingerprint density at radius 3 is 2.79 bits per heavy atom. The van der Waals surface area contributed by atoms with Crippen LogP contribution in [0.25, 0.3) is 0 Å². The predicted octanol–water partition coefficient (Wildman–Crippen LogP) is 2.82. The first kappa shape index (κ1) is 23.3. The number of rotatable bonds is 12. The van der Waals surface area contributed by atoms with Gasteiger partial charge in [-0.3, -0.25) is 4.99 Å². The van der Waals surface area contributed by atoms with Gasteiger partial charge >= 0.3 is 6.18 Å². The average Bonchev–Trinajstić information content (AvgIpc) is 3.51. The van der Waals surface area contributed by atoms with Crippen LogP contribution in [0.4, 0.5) is 13.2 Å². The molecular formula is C20H30F3N3O3. The zero-order valence-corrected chi connectivity index (χ0v) is 16.7. The third-order valence-corrected chi connectivity index (χ3v) is 4.22. The second kappa shape index (κ2) is 11.9. The Labute approximate surface area is 169 Å². The number of nitrogens with zero attached hydrogens (tertiary/aromatic N) is 1. The van der Waals surface area contributed by atoms with Gasteiger partial charge in [-0.15, -0.1) is 0 Å². The van der Waals surface area contributed by atoms with E-state index in [-0.39, 0.29) is 18.9 Å². The maximum Gasteiger partial charge on any atom is 0.416 e. The molecule has 164 valence electrons. The monoisotopic (exact) mass is 417 g/mol. The second-order valence-corrected chi connectivity index (χ2v) is 7.01. The van der Waals surface area contributed by atoms with E-state index in [4.69, 9.17) is 9.47 Å². The molecule has 0 bridgehead atoms. The summed E-state index contributed by atoms with van der Waals surface area (Å²) in [6, 6.07) is 4.57. The molecule has 2 rings (SSSR count). The summed E-state index contributed by atoms with van der Waals surface area (Å²) in [4.78, 5) is 4.28. The van der Waals surface area contributed by atoms with Gasteiger partial charge in [-0.05, 0) is 50.3 Å². The first-order chi connectivity index (χ1) is 13.9. The van der Waals surface area contributed by atoms with Crippen molar-refractivity contribution in [3.05, 3.63) is 29.8 Å². The SMILES string of the molecule is CCNC(=NCC(O)COc1cccc(C(F)(F)F)c1)NCCCOCC1CC1. The number of nitrogens with one attached hydrogen (secondary N) is 2. The van der Waals surface area contributed by atoms with Crippen molar-refractivity contribution < 1.29 is 27.8 Å². The van der Waals surface area contributed by atoms with Crippen LogP contribution in [0, 0.1) is 5.92 Å². The highest BCUT2D eigenvalue weighted by Crippen LogP contribution is 2.31. The summed E-state index contributed by atoms with van der Waals surface area (Å²) in [6.45, 7) is 4.73. The summed E-state index contributed by atoms with van der Waals surface area (Å²) >= 11 is 0. The van der Waals surface area contributed by atoms with Crippen molar-refractivity contribution >= 4 is 5.96 Å². The summed E-state index contributed by atoms with van der Waals surface area (Å²) in [5, 5.41) is 16.3. The Balaban J connectivity index is 1.69. The number of ether oxygens (including phenoxy) is 2. The first-order valence-corrected chi connectivity index (χ1v) is 9.96. The summed E-state index contributed by atoms with van der Waals surface area (Å²) in [6.07, 6.45) is -1.98. The van der Waals surface area contributed by atoms with Gasteiger partial charge in [-0.1, -0.05) is 6.07 Å². The van der Waals surface area contributed by atoms with Gasteiger partial charge < -0.3 is 25.2 Å². The highest BCUT2D eigenvalue weighted by atomic mass is 19.4. The molecular weight excluding hydrogens is 387 g/mol. The number of hydrogen-bond donors (Lipinski definition) is 3. The lowest BCUT2D eigenvalue weighted by Gasteiger charge is -2.14. The standard InChI is InChI=1S/C20H30F3N3O3/c1-2-24-19(25-9-4-10-28-13-15-7-8-15)26-12-17(27)14-29-18-6-3-5-16(11-18)20(21,22)23/h3,5-6,11,15,17,27H,2,4,7-10,12-14H2,1H3,(H2,24,25,26). The average molecular weight is 417 g/mol. The predicted molar refractivity (Wildman–Crippen MR) is 105 cm³/mol. The zero-order chi connectivity index (χ0) is 21.1. The summed E-state index contributed by atoms with van der Waals surface area (Å²) < 4.78 is 49.0. The first-order valence-electron chi connectivity index (χ1n) is 9.96. The van der Waals surface area contributed by atoms with Crippen LogP contribution in [0.1, 0.15) is 31.7 Å². The third kappa shape index (κ3) is 9.85. The molecule has 0 radical (unpaired) electrons. The molecule has 29 heavy (non-hydrogen) atoms. The molecule has 0 aliphatic heterocycles. The molecule has 1 aromatic carbocycles. The fourth-order valence-corrected chi connectivity index (χ4v) is 2.46. The molecule has 0 amide bonds. The van der Waals surface area contributed by atoms with E-state index in [9.17, 15) is 18.3 Å². The Hall–Kier alpha value is -2.00. The van der Waals surface area contributed by atoms with Gasteiger partial charge in [0.1, 0.15) is 18.5 Å². The van der Waals surface area contributed by atoms with Gasteiger partial charge in [0.25, 0.3) is 0 Å². The van der Waals surface area contributed by atoms with Crippen molar-refractivity contribution in [3.8, 4) is 5.75 Å². The van der Waals surface area contributed by atoms with E-state index in [0.29, 0.717) is 25.7 Å². The minimum atomic E-state index is -4.43. The highest BCUT2D eigenvalue weighted by molar-refractivity contribution is 5.79. The molecule has 0 aromatic heterocycles. The largest absolute Gasteiger partial charge is 0.491 e. The van der Waals surface area contributed by atoms with Crippen LogP contribution in [-0.4, -0.2) is 56.6 Å². The van der Waals surface area contributed by atoms with E-state index >= 15 is 0 Å². The molecule has 6 nitrogen and oxygen atoms in total. The number of aliphatic hydroxyl groups is 1. The second-order valence-electron chi connectivity index (χ2n) is 7.01. The molecule has 9 heteroatoms. The van der Waals surface area contributed by atoms with Crippen LogP contribution in [-0.2, 0) is 10.9 Å². The Morgan fingerprint density at radius 1 is 1.31 bits per heavy atom. The van der Waals surface area contributed by atoms with E-state index < -0.39 is 17.8 Å². The van der Waals surface area contributed by atoms with Crippen molar-refractivity contribution in [2.45, 2.75) is 38.5 Å². The Bertz CT molecular complexity index is 637. The van der Waals surface area contributed by atoms with Crippen molar-refractivity contribution in [2.24, 2.45) is 10.9 Å². The highest BCUT2D eigenvalue weighted by Gasteiger charge is 2.30. The maximum absolute atomic E-state index is 12.7. The van der Waals surface area contributed by atoms with Crippen LogP contribution >= 0.6 is 0 Å². The number of alkyl halides is 3. The molecule has 1 saturated carbocycles. The molecule has 1 fully saturated rings. The summed E-state index contributed by atoms with van der Waals surface area (Å²) in [5.74, 6) is 1.37. The molecule has 1 aliphatic carbocycles. The van der Waals surface area contributed by atoms with E-state index in [1.807, 2.05) is 6.92 Å². The summed E-state index contributed by atoms with van der Waals surface area (Å²) in [7, 11) is 0. The lowest BCUT2D eigenvalue weighted by molar-refractivity contribution is -0.137. The Morgan fingerprint density at radius 2 is 2.10 bits per heavy atom. The molecule has 1 unspecified atom stereocenters. The van der Waals surface area contributed by atoms with E-state index in [2.05, 4.69) is 15.6 Å². The third-order valence-electron chi connectivity index (χ3n) is 4.22. The number of benzene rings is 1.